The van der Waals surface area contributed by atoms with Crippen molar-refractivity contribution in [2.45, 2.75) is 20.4 Å². The summed E-state index contributed by atoms with van der Waals surface area (Å²) in [5.74, 6) is -0.504. The van der Waals surface area contributed by atoms with Crippen molar-refractivity contribution in [2.75, 3.05) is 5.32 Å². The van der Waals surface area contributed by atoms with Crippen molar-refractivity contribution in [1.29, 1.82) is 5.26 Å². The Morgan fingerprint density at radius 1 is 1.39 bits per heavy atom. The molecule has 2 rings (SSSR count). The average molecular weight is 351 g/mol. The summed E-state index contributed by atoms with van der Waals surface area (Å²) in [5.41, 5.74) is 0.720. The number of hydrogen-bond donors (Lipinski definition) is 1. The molecule has 1 aromatic heterocycles. The molecular weight excluding hydrogens is 339 g/mol. The number of aromatic nitrogens is 2. The number of carbonyl (C=O) groups excluding carboxylic acids is 1. The van der Waals surface area contributed by atoms with E-state index in [0.717, 1.165) is 4.68 Å². The van der Waals surface area contributed by atoms with Crippen LogP contribution >= 0.6 is 23.2 Å². The van der Waals surface area contributed by atoms with E-state index in [1.54, 1.807) is 32.0 Å². The van der Waals surface area contributed by atoms with Crippen LogP contribution < -0.4 is 10.9 Å². The molecule has 0 atom stereocenters. The van der Waals surface area contributed by atoms with E-state index in [9.17, 15) is 9.59 Å². The fraction of sp³-hybridized carbons (Fsp3) is 0.200. The summed E-state index contributed by atoms with van der Waals surface area (Å²) in [4.78, 5) is 24.2. The predicted molar refractivity (Wildman–Crippen MR) is 87.8 cm³/mol. The topological polar surface area (TPSA) is 87.8 Å². The van der Waals surface area contributed by atoms with Gasteiger partial charge in [0.15, 0.2) is 0 Å². The second-order valence-corrected chi connectivity index (χ2v) is 5.59. The third kappa shape index (κ3) is 3.52. The van der Waals surface area contributed by atoms with Gasteiger partial charge in [-0.3, -0.25) is 9.59 Å². The largest absolute Gasteiger partial charge is 0.323 e. The molecular formula is C15H12Cl2N4O2. The standard InChI is InChI=1S/C15H12Cl2N4O2/c1-8-9(2)20-21(15(23)10(8)6-18)7-13(22)19-12-5-3-4-11(16)14(12)17/h3-5H,7H2,1-2H3,(H,19,22). The second kappa shape index (κ2) is 6.82. The van der Waals surface area contributed by atoms with Crippen LogP contribution in [0.1, 0.15) is 16.8 Å². The predicted octanol–water partition coefficient (Wildman–Crippen LogP) is 2.68. The maximum absolute atomic E-state index is 12.1. The summed E-state index contributed by atoms with van der Waals surface area (Å²) in [5, 5.41) is 16.2. The van der Waals surface area contributed by atoms with Crippen LogP contribution in [-0.2, 0) is 11.3 Å². The second-order valence-electron chi connectivity index (χ2n) is 4.81. The first-order chi connectivity index (χ1) is 10.8. The molecule has 0 radical (unpaired) electrons. The molecule has 1 aromatic carbocycles. The van der Waals surface area contributed by atoms with Crippen molar-refractivity contribution in [2.24, 2.45) is 0 Å². The van der Waals surface area contributed by atoms with Crippen LogP contribution in [0.25, 0.3) is 0 Å². The Kier molecular flexibility index (Phi) is 5.04. The number of nitrogens with zero attached hydrogens (tertiary/aromatic N) is 3. The normalized spacial score (nSPS) is 10.2. The fourth-order valence-corrected chi connectivity index (χ4v) is 2.28. The lowest BCUT2D eigenvalue weighted by Crippen LogP contribution is -2.32. The van der Waals surface area contributed by atoms with Crippen molar-refractivity contribution in [3.63, 3.8) is 0 Å². The van der Waals surface area contributed by atoms with Crippen molar-refractivity contribution in [3.8, 4) is 6.07 Å². The number of anilines is 1. The lowest BCUT2D eigenvalue weighted by atomic mass is 10.1. The molecule has 0 saturated heterocycles. The Hall–Kier alpha value is -2.36. The molecule has 2 aromatic rings. The number of aryl methyl sites for hydroxylation is 1. The van der Waals surface area contributed by atoms with Gasteiger partial charge in [0.2, 0.25) is 5.91 Å². The Labute approximate surface area is 142 Å². The summed E-state index contributed by atoms with van der Waals surface area (Å²) >= 11 is 11.9. The van der Waals surface area contributed by atoms with Crippen LogP contribution in [0.15, 0.2) is 23.0 Å². The van der Waals surface area contributed by atoms with E-state index in [2.05, 4.69) is 10.4 Å². The maximum atomic E-state index is 12.1. The molecule has 1 amide bonds. The SMILES string of the molecule is Cc1nn(CC(=O)Nc2cccc(Cl)c2Cl)c(=O)c(C#N)c1C. The van der Waals surface area contributed by atoms with E-state index in [1.807, 2.05) is 6.07 Å². The molecule has 8 heteroatoms. The highest BCUT2D eigenvalue weighted by Gasteiger charge is 2.15. The minimum absolute atomic E-state index is 0.0221. The van der Waals surface area contributed by atoms with Crippen LogP contribution in [0.5, 0.6) is 0 Å². The minimum Gasteiger partial charge on any atom is -0.323 e. The number of halogens is 2. The monoisotopic (exact) mass is 350 g/mol. The summed E-state index contributed by atoms with van der Waals surface area (Å²) in [6, 6.07) is 6.66. The highest BCUT2D eigenvalue weighted by atomic mass is 35.5. The Morgan fingerprint density at radius 3 is 2.74 bits per heavy atom. The third-order valence-electron chi connectivity index (χ3n) is 3.27. The highest BCUT2D eigenvalue weighted by Crippen LogP contribution is 2.29. The first-order valence-electron chi connectivity index (χ1n) is 6.57. The third-order valence-corrected chi connectivity index (χ3v) is 4.09. The average Bonchev–Trinajstić information content (AvgIpc) is 2.50. The van der Waals surface area contributed by atoms with Crippen LogP contribution in [0.2, 0.25) is 10.0 Å². The van der Waals surface area contributed by atoms with Gasteiger partial charge in [-0.15, -0.1) is 0 Å². The van der Waals surface area contributed by atoms with Gasteiger partial charge in [0.05, 0.1) is 21.4 Å². The molecule has 1 heterocycles. The first-order valence-corrected chi connectivity index (χ1v) is 7.33. The summed E-state index contributed by atoms with van der Waals surface area (Å²) in [6.07, 6.45) is 0. The van der Waals surface area contributed by atoms with Gasteiger partial charge in [-0.05, 0) is 31.5 Å². The molecule has 0 aliphatic rings. The summed E-state index contributed by atoms with van der Waals surface area (Å²) < 4.78 is 0.953. The lowest BCUT2D eigenvalue weighted by Gasteiger charge is -2.10. The number of nitriles is 1. The molecule has 0 saturated carbocycles. The van der Waals surface area contributed by atoms with Gasteiger partial charge in [0.25, 0.3) is 5.56 Å². The fourth-order valence-electron chi connectivity index (χ4n) is 1.94. The highest BCUT2D eigenvalue weighted by molar-refractivity contribution is 6.43. The van der Waals surface area contributed by atoms with Crippen molar-refractivity contribution in [1.82, 2.24) is 9.78 Å². The zero-order valence-corrected chi connectivity index (χ0v) is 13.9. The van der Waals surface area contributed by atoms with Crippen LogP contribution in [-0.4, -0.2) is 15.7 Å². The van der Waals surface area contributed by atoms with Crippen molar-refractivity contribution < 1.29 is 4.79 Å². The number of benzene rings is 1. The zero-order valence-electron chi connectivity index (χ0n) is 12.4. The van der Waals surface area contributed by atoms with Gasteiger partial charge < -0.3 is 5.32 Å². The maximum Gasteiger partial charge on any atom is 0.285 e. The molecule has 0 bridgehead atoms. The van der Waals surface area contributed by atoms with Crippen molar-refractivity contribution in [3.05, 3.63) is 55.4 Å². The Balaban J connectivity index is 2.28. The molecule has 118 valence electrons. The number of carbonyl (C=O) groups is 1. The molecule has 0 unspecified atom stereocenters. The van der Waals surface area contributed by atoms with E-state index in [4.69, 9.17) is 28.5 Å². The van der Waals surface area contributed by atoms with E-state index in [0.29, 0.717) is 22.0 Å². The number of amides is 1. The van der Waals surface area contributed by atoms with Gasteiger partial charge in [0, 0.05) is 0 Å². The van der Waals surface area contributed by atoms with Gasteiger partial charge in [-0.1, -0.05) is 29.3 Å². The molecule has 1 N–H and O–H groups in total. The lowest BCUT2D eigenvalue weighted by molar-refractivity contribution is -0.117. The van der Waals surface area contributed by atoms with Crippen LogP contribution in [0.4, 0.5) is 5.69 Å². The molecule has 0 aliphatic carbocycles. The van der Waals surface area contributed by atoms with Gasteiger partial charge >= 0.3 is 0 Å². The smallest absolute Gasteiger partial charge is 0.285 e. The Bertz CT molecular complexity index is 884. The van der Waals surface area contributed by atoms with E-state index in [1.165, 1.54) is 0 Å². The molecule has 0 fully saturated rings. The van der Waals surface area contributed by atoms with E-state index < -0.39 is 11.5 Å². The van der Waals surface area contributed by atoms with Crippen molar-refractivity contribution >= 4 is 34.8 Å². The van der Waals surface area contributed by atoms with E-state index >= 15 is 0 Å². The first kappa shape index (κ1) is 17.0. The number of nitrogens with one attached hydrogen (secondary N) is 1. The number of rotatable bonds is 3. The summed E-state index contributed by atoms with van der Waals surface area (Å²) in [6.45, 7) is 2.97. The summed E-state index contributed by atoms with van der Waals surface area (Å²) in [7, 11) is 0. The quantitative estimate of drug-likeness (QED) is 0.921. The molecule has 23 heavy (non-hydrogen) atoms. The van der Waals surface area contributed by atoms with Crippen LogP contribution in [0, 0.1) is 25.2 Å². The number of hydrogen-bond acceptors (Lipinski definition) is 4. The molecule has 0 aliphatic heterocycles. The van der Waals surface area contributed by atoms with Gasteiger partial charge in [-0.25, -0.2) is 4.68 Å². The van der Waals surface area contributed by atoms with Gasteiger partial charge in [0.1, 0.15) is 18.2 Å². The Morgan fingerprint density at radius 2 is 2.09 bits per heavy atom. The van der Waals surface area contributed by atoms with Gasteiger partial charge in [-0.2, -0.15) is 10.4 Å². The zero-order chi connectivity index (χ0) is 17.1. The molecule has 0 spiro atoms. The van der Waals surface area contributed by atoms with Crippen LogP contribution in [0.3, 0.4) is 0 Å². The minimum atomic E-state index is -0.608. The molecule has 6 nitrogen and oxygen atoms in total. The van der Waals surface area contributed by atoms with E-state index in [-0.39, 0.29) is 17.1 Å².